The molecular formula is C15H15Cl2N3O2. The molecule has 0 spiro atoms. The van der Waals surface area contributed by atoms with Gasteiger partial charge in [0.25, 0.3) is 5.91 Å². The van der Waals surface area contributed by atoms with E-state index in [-0.39, 0.29) is 5.91 Å². The Kier molecular flexibility index (Phi) is 6.00. The van der Waals surface area contributed by atoms with Crippen LogP contribution in [0.25, 0.3) is 0 Å². The minimum Gasteiger partial charge on any atom is -0.383 e. The summed E-state index contributed by atoms with van der Waals surface area (Å²) in [6.45, 7) is 1.22. The van der Waals surface area contributed by atoms with Gasteiger partial charge in [-0.1, -0.05) is 23.2 Å². The van der Waals surface area contributed by atoms with E-state index >= 15 is 0 Å². The van der Waals surface area contributed by atoms with Gasteiger partial charge >= 0.3 is 0 Å². The molecule has 2 rings (SSSR count). The first kappa shape index (κ1) is 16.5. The normalized spacial score (nSPS) is 10.3. The summed E-state index contributed by atoms with van der Waals surface area (Å²) in [5.41, 5.74) is 1.60. The molecule has 0 unspecified atom stereocenters. The summed E-state index contributed by atoms with van der Waals surface area (Å²) >= 11 is 11.8. The highest BCUT2D eigenvalue weighted by molar-refractivity contribution is 6.35. The number of anilines is 2. The van der Waals surface area contributed by atoms with Crippen molar-refractivity contribution in [1.82, 2.24) is 4.98 Å². The van der Waals surface area contributed by atoms with Crippen molar-refractivity contribution in [3.05, 3.63) is 52.3 Å². The van der Waals surface area contributed by atoms with Gasteiger partial charge < -0.3 is 15.4 Å². The fraction of sp³-hybridized carbons (Fsp3) is 0.200. The minimum absolute atomic E-state index is 0.290. The maximum absolute atomic E-state index is 12.2. The summed E-state index contributed by atoms with van der Waals surface area (Å²) in [5.74, 6) is -0.339. The van der Waals surface area contributed by atoms with E-state index in [1.54, 1.807) is 43.6 Å². The molecule has 0 fully saturated rings. The van der Waals surface area contributed by atoms with Crippen LogP contribution < -0.4 is 10.6 Å². The Labute approximate surface area is 138 Å². The van der Waals surface area contributed by atoms with Gasteiger partial charge in [-0.25, -0.2) is 0 Å². The van der Waals surface area contributed by atoms with Crippen LogP contribution in [0, 0.1) is 0 Å². The molecule has 0 radical (unpaired) electrons. The highest BCUT2D eigenvalue weighted by Crippen LogP contribution is 2.23. The number of ether oxygens (including phenoxy) is 1. The lowest BCUT2D eigenvalue weighted by atomic mass is 10.2. The predicted molar refractivity (Wildman–Crippen MR) is 89.0 cm³/mol. The summed E-state index contributed by atoms with van der Waals surface area (Å²) in [6.07, 6.45) is 1.56. The second kappa shape index (κ2) is 7.98. The number of carbonyl (C=O) groups is 1. The molecule has 116 valence electrons. The molecule has 1 heterocycles. The number of nitrogens with one attached hydrogen (secondary N) is 2. The van der Waals surface area contributed by atoms with Gasteiger partial charge in [-0.2, -0.15) is 0 Å². The summed E-state index contributed by atoms with van der Waals surface area (Å²) in [5, 5.41) is 6.75. The van der Waals surface area contributed by atoms with Gasteiger partial charge in [0.1, 0.15) is 5.69 Å². The lowest BCUT2D eigenvalue weighted by Crippen LogP contribution is -2.14. The van der Waals surface area contributed by atoms with Gasteiger partial charge in [0, 0.05) is 41.3 Å². The fourth-order valence-electron chi connectivity index (χ4n) is 1.78. The van der Waals surface area contributed by atoms with Crippen molar-refractivity contribution >= 4 is 40.5 Å². The number of hydrogen-bond donors (Lipinski definition) is 2. The average molecular weight is 340 g/mol. The van der Waals surface area contributed by atoms with Crippen LogP contribution in [0.3, 0.4) is 0 Å². The zero-order chi connectivity index (χ0) is 15.9. The Morgan fingerprint density at radius 3 is 2.59 bits per heavy atom. The summed E-state index contributed by atoms with van der Waals surface area (Å²) in [7, 11) is 1.63. The third-order valence-corrected chi connectivity index (χ3v) is 3.18. The van der Waals surface area contributed by atoms with Crippen molar-refractivity contribution in [2.75, 3.05) is 30.9 Å². The molecule has 5 nitrogen and oxygen atoms in total. The Hall–Kier alpha value is -1.82. The first-order valence-electron chi connectivity index (χ1n) is 6.55. The largest absolute Gasteiger partial charge is 0.383 e. The summed E-state index contributed by atoms with van der Waals surface area (Å²) in [6, 6.07) is 8.27. The molecule has 0 saturated heterocycles. The van der Waals surface area contributed by atoms with Crippen LogP contribution >= 0.6 is 23.2 Å². The van der Waals surface area contributed by atoms with Crippen molar-refractivity contribution in [2.45, 2.75) is 0 Å². The molecule has 7 heteroatoms. The lowest BCUT2D eigenvalue weighted by Gasteiger charge is -2.08. The van der Waals surface area contributed by atoms with E-state index in [0.717, 1.165) is 5.69 Å². The number of pyridine rings is 1. The molecule has 0 atom stereocenters. The number of aromatic nitrogens is 1. The molecule has 0 aliphatic carbocycles. The molecule has 0 aliphatic heterocycles. The number of halogens is 2. The van der Waals surface area contributed by atoms with Gasteiger partial charge in [-0.05, 0) is 30.3 Å². The van der Waals surface area contributed by atoms with Crippen LogP contribution in [-0.4, -0.2) is 31.2 Å². The van der Waals surface area contributed by atoms with Gasteiger partial charge in [0.05, 0.1) is 6.61 Å². The number of amides is 1. The van der Waals surface area contributed by atoms with E-state index in [4.69, 9.17) is 27.9 Å². The van der Waals surface area contributed by atoms with E-state index in [9.17, 15) is 4.79 Å². The van der Waals surface area contributed by atoms with E-state index in [1.165, 1.54) is 0 Å². The topological polar surface area (TPSA) is 63.2 Å². The maximum Gasteiger partial charge on any atom is 0.274 e. The Balaban J connectivity index is 2.07. The number of benzene rings is 1. The highest BCUT2D eigenvalue weighted by Gasteiger charge is 2.09. The van der Waals surface area contributed by atoms with Crippen molar-refractivity contribution in [3.8, 4) is 0 Å². The number of hydrogen-bond acceptors (Lipinski definition) is 4. The van der Waals surface area contributed by atoms with Crippen LogP contribution in [-0.2, 0) is 4.74 Å². The zero-order valence-corrected chi connectivity index (χ0v) is 13.4. The third-order valence-electron chi connectivity index (χ3n) is 2.75. The van der Waals surface area contributed by atoms with E-state index in [2.05, 4.69) is 15.6 Å². The molecule has 1 amide bonds. The molecule has 0 bridgehead atoms. The Morgan fingerprint density at radius 2 is 1.91 bits per heavy atom. The van der Waals surface area contributed by atoms with Gasteiger partial charge in [-0.15, -0.1) is 0 Å². The standard InChI is InChI=1S/C15H15Cl2N3O2/c1-22-5-4-18-12-2-3-19-14(9-12)15(21)20-13-7-10(16)6-11(17)8-13/h2-3,6-9H,4-5H2,1H3,(H,18,19)(H,20,21). The van der Waals surface area contributed by atoms with E-state index < -0.39 is 0 Å². The first-order chi connectivity index (χ1) is 10.6. The van der Waals surface area contributed by atoms with Gasteiger partial charge in [-0.3, -0.25) is 9.78 Å². The number of carbonyl (C=O) groups excluding carboxylic acids is 1. The number of nitrogens with zero attached hydrogens (tertiary/aromatic N) is 1. The van der Waals surface area contributed by atoms with Gasteiger partial charge in [0.15, 0.2) is 0 Å². The smallest absolute Gasteiger partial charge is 0.274 e. The highest BCUT2D eigenvalue weighted by atomic mass is 35.5. The SMILES string of the molecule is COCCNc1ccnc(C(=O)Nc2cc(Cl)cc(Cl)c2)c1. The maximum atomic E-state index is 12.2. The quantitative estimate of drug-likeness (QED) is 0.787. The third kappa shape index (κ3) is 4.87. The molecule has 0 saturated carbocycles. The first-order valence-corrected chi connectivity index (χ1v) is 7.30. The molecule has 2 N–H and O–H groups in total. The number of rotatable bonds is 6. The van der Waals surface area contributed by atoms with Crippen molar-refractivity contribution < 1.29 is 9.53 Å². The zero-order valence-electron chi connectivity index (χ0n) is 11.9. The molecule has 22 heavy (non-hydrogen) atoms. The van der Waals surface area contributed by atoms with Crippen LogP contribution in [0.1, 0.15) is 10.5 Å². The van der Waals surface area contributed by atoms with Crippen LogP contribution in [0.5, 0.6) is 0 Å². The molecule has 2 aromatic rings. The van der Waals surface area contributed by atoms with Crippen molar-refractivity contribution in [3.63, 3.8) is 0 Å². The average Bonchev–Trinajstić information content (AvgIpc) is 2.47. The molecular weight excluding hydrogens is 325 g/mol. The number of methoxy groups -OCH3 is 1. The fourth-order valence-corrected chi connectivity index (χ4v) is 2.31. The van der Waals surface area contributed by atoms with Gasteiger partial charge in [0.2, 0.25) is 0 Å². The van der Waals surface area contributed by atoms with Crippen molar-refractivity contribution in [2.24, 2.45) is 0 Å². The van der Waals surface area contributed by atoms with Crippen molar-refractivity contribution in [1.29, 1.82) is 0 Å². The second-order valence-corrected chi connectivity index (χ2v) is 5.33. The second-order valence-electron chi connectivity index (χ2n) is 4.46. The van der Waals surface area contributed by atoms with Crippen LogP contribution in [0.4, 0.5) is 11.4 Å². The molecule has 1 aromatic heterocycles. The Morgan fingerprint density at radius 1 is 1.18 bits per heavy atom. The minimum atomic E-state index is -0.339. The molecule has 1 aromatic carbocycles. The predicted octanol–water partition coefficient (Wildman–Crippen LogP) is 3.70. The van der Waals surface area contributed by atoms with Crippen LogP contribution in [0.15, 0.2) is 36.5 Å². The van der Waals surface area contributed by atoms with E-state index in [0.29, 0.717) is 34.6 Å². The molecule has 0 aliphatic rings. The monoisotopic (exact) mass is 339 g/mol. The Bertz CT molecular complexity index is 645. The lowest BCUT2D eigenvalue weighted by molar-refractivity contribution is 0.102. The van der Waals surface area contributed by atoms with E-state index in [1.807, 2.05) is 0 Å². The summed E-state index contributed by atoms with van der Waals surface area (Å²) < 4.78 is 4.96. The van der Waals surface area contributed by atoms with Crippen LogP contribution in [0.2, 0.25) is 10.0 Å². The summed E-state index contributed by atoms with van der Waals surface area (Å²) in [4.78, 5) is 16.3.